The number of primary amides is 1. The zero-order chi connectivity index (χ0) is 16.5. The number of amides is 3. The van der Waals surface area contributed by atoms with E-state index in [4.69, 9.17) is 17.3 Å². The number of rotatable bonds is 4. The topological polar surface area (TPSA) is 92.5 Å². The van der Waals surface area contributed by atoms with E-state index in [0.29, 0.717) is 23.7 Å². The van der Waals surface area contributed by atoms with Gasteiger partial charge in [-0.25, -0.2) is 0 Å². The number of hydrogen-bond acceptors (Lipinski definition) is 3. The lowest BCUT2D eigenvalue weighted by molar-refractivity contribution is -0.144. The molecule has 1 aromatic rings. The molecule has 1 atom stereocenters. The highest BCUT2D eigenvalue weighted by Crippen LogP contribution is 2.25. The first kappa shape index (κ1) is 16.3. The van der Waals surface area contributed by atoms with Crippen molar-refractivity contribution in [2.75, 3.05) is 13.1 Å². The molecule has 1 aliphatic heterocycles. The maximum atomic E-state index is 12.3. The van der Waals surface area contributed by atoms with E-state index in [1.807, 2.05) is 0 Å². The quantitative estimate of drug-likeness (QED) is 0.851. The number of likely N-dealkylation sites (tertiary alicyclic amines) is 1. The largest absolute Gasteiger partial charge is 0.367 e. The molecule has 0 spiro atoms. The third-order valence-electron chi connectivity index (χ3n) is 3.97. The smallest absolute Gasteiger partial charge is 0.247 e. The molecular weight excluding hydrogens is 306 g/mol. The first-order chi connectivity index (χ1) is 10.2. The fourth-order valence-corrected chi connectivity index (χ4v) is 2.52. The molecule has 7 heteroatoms. The van der Waals surface area contributed by atoms with Gasteiger partial charge in [-0.15, -0.1) is 0 Å². The molecule has 6 nitrogen and oxygen atoms in total. The third-order valence-corrected chi connectivity index (χ3v) is 4.20. The van der Waals surface area contributed by atoms with Crippen LogP contribution < -0.4 is 11.1 Å². The minimum Gasteiger partial charge on any atom is -0.367 e. The van der Waals surface area contributed by atoms with E-state index in [2.05, 4.69) is 5.32 Å². The van der Waals surface area contributed by atoms with Gasteiger partial charge in [0.15, 0.2) is 0 Å². The molecule has 0 saturated carbocycles. The third kappa shape index (κ3) is 3.06. The molecule has 1 heterocycles. The zero-order valence-electron chi connectivity index (χ0n) is 12.4. The van der Waals surface area contributed by atoms with Crippen LogP contribution in [0.2, 0.25) is 5.02 Å². The lowest BCUT2D eigenvalue weighted by Gasteiger charge is -2.39. The van der Waals surface area contributed by atoms with Crippen molar-refractivity contribution in [1.29, 1.82) is 0 Å². The van der Waals surface area contributed by atoms with Crippen LogP contribution in [0, 0.1) is 5.92 Å². The molecule has 0 aliphatic carbocycles. The number of hydrogen-bond donors (Lipinski definition) is 2. The standard InChI is InChI=1S/C15H18ClN3O3/c1-9(20)19-7-10(8-19)13(21)18-15(2,14(17)22)11-4-3-5-12(16)6-11/h3-6,10H,7-8H2,1-2H3,(H2,17,22)(H,18,21)/t15-/m1/s1. The summed E-state index contributed by atoms with van der Waals surface area (Å²) in [5, 5.41) is 3.14. The van der Waals surface area contributed by atoms with Gasteiger partial charge in [0, 0.05) is 25.0 Å². The number of nitrogens with zero attached hydrogens (tertiary/aromatic N) is 1. The first-order valence-corrected chi connectivity index (χ1v) is 7.25. The molecule has 22 heavy (non-hydrogen) atoms. The maximum Gasteiger partial charge on any atom is 0.247 e. The van der Waals surface area contributed by atoms with Crippen LogP contribution >= 0.6 is 11.6 Å². The van der Waals surface area contributed by atoms with Crippen LogP contribution in [0.15, 0.2) is 24.3 Å². The lowest BCUT2D eigenvalue weighted by atomic mass is 9.89. The Morgan fingerprint density at radius 2 is 2.00 bits per heavy atom. The average molecular weight is 324 g/mol. The molecule has 118 valence electrons. The van der Waals surface area contributed by atoms with Crippen molar-refractivity contribution in [1.82, 2.24) is 10.2 Å². The number of nitrogens with one attached hydrogen (secondary N) is 1. The van der Waals surface area contributed by atoms with Gasteiger partial charge in [0.25, 0.3) is 0 Å². The van der Waals surface area contributed by atoms with E-state index in [9.17, 15) is 14.4 Å². The van der Waals surface area contributed by atoms with Gasteiger partial charge in [0.05, 0.1) is 5.92 Å². The molecule has 2 rings (SSSR count). The van der Waals surface area contributed by atoms with Crippen molar-refractivity contribution in [2.24, 2.45) is 11.7 Å². The fourth-order valence-electron chi connectivity index (χ4n) is 2.33. The van der Waals surface area contributed by atoms with Crippen LogP contribution in [0.25, 0.3) is 0 Å². The van der Waals surface area contributed by atoms with Crippen LogP contribution in [0.1, 0.15) is 19.4 Å². The van der Waals surface area contributed by atoms with Crippen molar-refractivity contribution < 1.29 is 14.4 Å². The fraction of sp³-hybridized carbons (Fsp3) is 0.400. The van der Waals surface area contributed by atoms with Crippen LogP contribution in [0.5, 0.6) is 0 Å². The second-order valence-electron chi connectivity index (χ2n) is 5.61. The molecule has 1 aromatic carbocycles. The van der Waals surface area contributed by atoms with Crippen molar-refractivity contribution in [3.05, 3.63) is 34.9 Å². The number of halogens is 1. The highest BCUT2D eigenvalue weighted by atomic mass is 35.5. The van der Waals surface area contributed by atoms with E-state index in [1.54, 1.807) is 36.1 Å². The number of benzene rings is 1. The molecular formula is C15H18ClN3O3. The second-order valence-corrected chi connectivity index (χ2v) is 6.05. The first-order valence-electron chi connectivity index (χ1n) is 6.87. The molecule has 1 aliphatic rings. The Morgan fingerprint density at radius 1 is 1.36 bits per heavy atom. The van der Waals surface area contributed by atoms with Gasteiger partial charge in [0.2, 0.25) is 17.7 Å². The summed E-state index contributed by atoms with van der Waals surface area (Å²) in [6.45, 7) is 3.70. The van der Waals surface area contributed by atoms with Crippen LogP contribution in [-0.4, -0.2) is 35.7 Å². The number of carbonyl (C=O) groups excluding carboxylic acids is 3. The molecule has 1 saturated heterocycles. The van der Waals surface area contributed by atoms with Crippen molar-refractivity contribution in [3.8, 4) is 0 Å². The van der Waals surface area contributed by atoms with E-state index in [-0.39, 0.29) is 17.7 Å². The Labute approximate surface area is 133 Å². The highest BCUT2D eigenvalue weighted by Gasteiger charge is 2.40. The number of carbonyl (C=O) groups is 3. The van der Waals surface area contributed by atoms with Crippen molar-refractivity contribution in [2.45, 2.75) is 19.4 Å². The molecule has 0 aromatic heterocycles. The Kier molecular flexibility index (Phi) is 4.42. The maximum absolute atomic E-state index is 12.3. The lowest BCUT2D eigenvalue weighted by Crippen LogP contribution is -2.60. The SMILES string of the molecule is CC(=O)N1CC(C(=O)N[C@@](C)(C(N)=O)c2cccc(Cl)c2)C1. The zero-order valence-corrected chi connectivity index (χ0v) is 13.2. The number of nitrogens with two attached hydrogens (primary N) is 1. The van der Waals surface area contributed by atoms with E-state index in [1.165, 1.54) is 6.92 Å². The Balaban J connectivity index is 2.14. The summed E-state index contributed by atoms with van der Waals surface area (Å²) in [6, 6.07) is 6.63. The van der Waals surface area contributed by atoms with Gasteiger partial charge in [-0.1, -0.05) is 23.7 Å². The van der Waals surface area contributed by atoms with Crippen LogP contribution in [0.3, 0.4) is 0 Å². The van der Waals surface area contributed by atoms with Gasteiger partial charge >= 0.3 is 0 Å². The Bertz CT molecular complexity index is 628. The van der Waals surface area contributed by atoms with Crippen molar-refractivity contribution in [3.63, 3.8) is 0 Å². The average Bonchev–Trinajstić information content (AvgIpc) is 2.35. The minimum absolute atomic E-state index is 0.0726. The predicted octanol–water partition coefficient (Wildman–Crippen LogP) is 0.635. The van der Waals surface area contributed by atoms with Gasteiger partial charge in [-0.05, 0) is 24.6 Å². The summed E-state index contributed by atoms with van der Waals surface area (Å²) in [5.41, 5.74) is 4.64. The van der Waals surface area contributed by atoms with Gasteiger partial charge < -0.3 is 16.0 Å². The van der Waals surface area contributed by atoms with E-state index >= 15 is 0 Å². The monoisotopic (exact) mass is 323 g/mol. The molecule has 0 bridgehead atoms. The molecule has 3 N–H and O–H groups in total. The molecule has 0 radical (unpaired) electrons. The van der Waals surface area contributed by atoms with E-state index in [0.717, 1.165) is 0 Å². The summed E-state index contributed by atoms with van der Waals surface area (Å²) in [6.07, 6.45) is 0. The normalized spacial score (nSPS) is 17.3. The molecule has 1 fully saturated rings. The minimum atomic E-state index is -1.35. The summed E-state index contributed by atoms with van der Waals surface area (Å²) < 4.78 is 0. The van der Waals surface area contributed by atoms with Gasteiger partial charge in [0.1, 0.15) is 5.54 Å². The van der Waals surface area contributed by atoms with Gasteiger partial charge in [-0.2, -0.15) is 0 Å². The Morgan fingerprint density at radius 3 is 2.50 bits per heavy atom. The Hall–Kier alpha value is -2.08. The summed E-state index contributed by atoms with van der Waals surface area (Å²) >= 11 is 5.94. The summed E-state index contributed by atoms with van der Waals surface area (Å²) in [5.74, 6) is -1.39. The van der Waals surface area contributed by atoms with Crippen LogP contribution in [-0.2, 0) is 19.9 Å². The van der Waals surface area contributed by atoms with Gasteiger partial charge in [-0.3, -0.25) is 14.4 Å². The molecule has 3 amide bonds. The summed E-state index contributed by atoms with van der Waals surface area (Å²) in [7, 11) is 0. The highest BCUT2D eigenvalue weighted by molar-refractivity contribution is 6.30. The predicted molar refractivity (Wildman–Crippen MR) is 81.9 cm³/mol. The van der Waals surface area contributed by atoms with Crippen molar-refractivity contribution >= 4 is 29.3 Å². The molecule has 0 unspecified atom stereocenters. The second kappa shape index (κ2) is 5.96. The summed E-state index contributed by atoms with van der Waals surface area (Å²) in [4.78, 5) is 36.9. The van der Waals surface area contributed by atoms with Crippen LogP contribution in [0.4, 0.5) is 0 Å². The van der Waals surface area contributed by atoms with E-state index < -0.39 is 11.4 Å².